The average molecular weight is 687 g/mol. The molecule has 10 heteroatoms. The minimum Gasteiger partial charge on any atom is -0.306 e. The lowest BCUT2D eigenvalue weighted by atomic mass is 9.98. The van der Waals surface area contributed by atoms with Gasteiger partial charge in [-0.25, -0.2) is 0 Å². The monoisotopic (exact) mass is 686 g/mol. The van der Waals surface area contributed by atoms with Crippen LogP contribution in [0.4, 0.5) is 0 Å². The van der Waals surface area contributed by atoms with E-state index in [1.807, 2.05) is 21.9 Å². The molecule has 6 rings (SSSR count). The fraction of sp³-hybridized carbons (Fsp3) is 0.444. The zero-order valence-electron chi connectivity index (χ0n) is 26.8. The molecule has 2 aliphatic heterocycles. The van der Waals surface area contributed by atoms with Gasteiger partial charge in [-0.3, -0.25) is 9.59 Å². The summed E-state index contributed by atoms with van der Waals surface area (Å²) in [7, 11) is 0. The van der Waals surface area contributed by atoms with E-state index in [1.165, 1.54) is 22.7 Å². The molecule has 238 valence electrons. The predicted octanol–water partition coefficient (Wildman–Crippen LogP) is 10.2. The zero-order valence-corrected chi connectivity index (χ0v) is 30.0. The highest BCUT2D eigenvalue weighted by molar-refractivity contribution is 7.29. The normalized spacial score (nSPS) is 16.3. The van der Waals surface area contributed by atoms with E-state index in [2.05, 4.69) is 52.0 Å². The van der Waals surface area contributed by atoms with Gasteiger partial charge in [-0.15, -0.1) is 45.3 Å². The second-order valence-electron chi connectivity index (χ2n) is 12.2. The van der Waals surface area contributed by atoms with Gasteiger partial charge in [-0.05, 0) is 48.9 Å². The van der Waals surface area contributed by atoms with Gasteiger partial charge >= 0.3 is 0 Å². The molecule has 2 aliphatic rings. The maximum atomic E-state index is 14.8. The largest absolute Gasteiger partial charge is 0.306 e. The predicted molar refractivity (Wildman–Crippen MR) is 193 cm³/mol. The van der Waals surface area contributed by atoms with Gasteiger partial charge in [-0.2, -0.15) is 10.5 Å². The van der Waals surface area contributed by atoms with Gasteiger partial charge in [0.1, 0.15) is 21.9 Å². The van der Waals surface area contributed by atoms with Crippen molar-refractivity contribution in [3.05, 3.63) is 54.9 Å². The summed E-state index contributed by atoms with van der Waals surface area (Å²) in [6.45, 7) is 9.91. The topological polar surface area (TPSA) is 88.2 Å². The first kappa shape index (κ1) is 32.7. The third-order valence-corrected chi connectivity index (χ3v) is 13.7. The van der Waals surface area contributed by atoms with Gasteiger partial charge in [0, 0.05) is 31.9 Å². The summed E-state index contributed by atoms with van der Waals surface area (Å²) in [6, 6.07) is 12.5. The standard InChI is InChI=1S/C36H38N4O2S4/c1-5-9-11-21(7-3)19-39-33(29-15-27-25(45-29)13-23(17-37)43-27)31-32(35(39)41)34(30-16-28-26(46-30)14-24(18-38)44-28)40(36(31)42)20-22(8-4)12-10-6-2/h13-16,21-22H,5-12,19-20H2,1-4H3. The van der Waals surface area contributed by atoms with Crippen molar-refractivity contribution in [2.75, 3.05) is 13.1 Å². The molecule has 4 aromatic rings. The van der Waals surface area contributed by atoms with Gasteiger partial charge < -0.3 is 9.80 Å². The molecule has 0 spiro atoms. The second-order valence-corrected chi connectivity index (χ2v) is 16.6. The molecule has 0 fully saturated rings. The van der Waals surface area contributed by atoms with Gasteiger partial charge in [0.15, 0.2) is 0 Å². The number of rotatable bonds is 14. The minimum atomic E-state index is -0.0867. The van der Waals surface area contributed by atoms with Gasteiger partial charge in [-0.1, -0.05) is 66.2 Å². The lowest BCUT2D eigenvalue weighted by Crippen LogP contribution is -2.34. The van der Waals surface area contributed by atoms with Crippen LogP contribution >= 0.6 is 45.3 Å². The molecular weight excluding hydrogens is 649 g/mol. The third-order valence-electron chi connectivity index (χ3n) is 9.25. The van der Waals surface area contributed by atoms with Gasteiger partial charge in [0.2, 0.25) is 0 Å². The molecular formula is C36H38N4O2S4. The van der Waals surface area contributed by atoms with Crippen LogP contribution in [0.5, 0.6) is 0 Å². The Labute approximate surface area is 286 Å². The quantitative estimate of drug-likeness (QED) is 0.132. The molecule has 0 bridgehead atoms. The van der Waals surface area contributed by atoms with Crippen LogP contribution in [0.15, 0.2) is 35.4 Å². The molecule has 0 N–H and O–H groups in total. The highest BCUT2D eigenvalue weighted by Crippen LogP contribution is 2.51. The van der Waals surface area contributed by atoms with E-state index in [1.54, 1.807) is 22.7 Å². The van der Waals surface area contributed by atoms with E-state index in [0.29, 0.717) is 45.8 Å². The zero-order chi connectivity index (χ0) is 32.5. The number of thiophene rings is 4. The van der Waals surface area contributed by atoms with Crippen LogP contribution in [-0.4, -0.2) is 34.7 Å². The van der Waals surface area contributed by atoms with Gasteiger partial charge in [0.25, 0.3) is 11.8 Å². The lowest BCUT2D eigenvalue weighted by Gasteiger charge is -2.29. The Hall–Kier alpha value is -3.28. The maximum Gasteiger partial charge on any atom is 0.261 e. The summed E-state index contributed by atoms with van der Waals surface area (Å²) in [4.78, 5) is 36.5. The number of amides is 2. The fourth-order valence-corrected chi connectivity index (χ4v) is 11.1. The highest BCUT2D eigenvalue weighted by Gasteiger charge is 2.50. The Morgan fingerprint density at radius 2 is 1.02 bits per heavy atom. The number of carbonyl (C=O) groups excluding carboxylic acids is 2. The molecule has 2 amide bonds. The van der Waals surface area contributed by atoms with E-state index >= 15 is 0 Å². The van der Waals surface area contributed by atoms with E-state index in [9.17, 15) is 20.1 Å². The molecule has 6 nitrogen and oxygen atoms in total. The van der Waals surface area contributed by atoms with Crippen molar-refractivity contribution in [1.82, 2.24) is 9.80 Å². The van der Waals surface area contributed by atoms with E-state index in [-0.39, 0.29) is 11.8 Å². The number of nitriles is 2. The molecule has 0 saturated heterocycles. The third kappa shape index (κ3) is 5.86. The van der Waals surface area contributed by atoms with Crippen LogP contribution < -0.4 is 0 Å². The molecule has 2 unspecified atom stereocenters. The van der Waals surface area contributed by atoms with Crippen molar-refractivity contribution in [1.29, 1.82) is 10.5 Å². The second kappa shape index (κ2) is 13.8. The molecule has 0 aliphatic carbocycles. The van der Waals surface area contributed by atoms with Crippen LogP contribution in [0.3, 0.4) is 0 Å². The highest BCUT2D eigenvalue weighted by atomic mass is 32.1. The lowest BCUT2D eigenvalue weighted by molar-refractivity contribution is -0.124. The first-order valence-corrected chi connectivity index (χ1v) is 19.6. The van der Waals surface area contributed by atoms with Crippen molar-refractivity contribution in [3.63, 3.8) is 0 Å². The van der Waals surface area contributed by atoms with Crippen molar-refractivity contribution in [3.8, 4) is 12.1 Å². The summed E-state index contributed by atoms with van der Waals surface area (Å²) >= 11 is 6.04. The number of hydrogen-bond acceptors (Lipinski definition) is 8. The first-order valence-electron chi connectivity index (χ1n) is 16.4. The molecule has 46 heavy (non-hydrogen) atoms. The van der Waals surface area contributed by atoms with E-state index in [4.69, 9.17) is 0 Å². The SMILES string of the molecule is CCCCC(CC)CN1C(=O)C2=C(c3cc4sc(C#N)cc4s3)N(CC(CC)CCCC)C(=O)C2=C1c1cc2sc(C#N)cc2s1. The number of fused-ring (bicyclic) bond motifs is 3. The molecule has 2 atom stereocenters. The first-order chi connectivity index (χ1) is 22.3. The molecule has 0 radical (unpaired) electrons. The van der Waals surface area contributed by atoms with Crippen LogP contribution in [0.25, 0.3) is 30.2 Å². The molecule has 6 heterocycles. The Balaban J connectivity index is 1.54. The molecule has 0 saturated carbocycles. The summed E-state index contributed by atoms with van der Waals surface area (Å²) < 4.78 is 4.03. The smallest absolute Gasteiger partial charge is 0.261 e. The van der Waals surface area contributed by atoms with Gasteiger partial charge in [0.05, 0.1) is 32.3 Å². The Kier molecular flexibility index (Phi) is 9.82. The van der Waals surface area contributed by atoms with Crippen molar-refractivity contribution in [2.24, 2.45) is 11.8 Å². The summed E-state index contributed by atoms with van der Waals surface area (Å²) in [5, 5.41) is 19.0. The van der Waals surface area contributed by atoms with Crippen LogP contribution in [-0.2, 0) is 9.59 Å². The van der Waals surface area contributed by atoms with Crippen LogP contribution in [0.1, 0.15) is 98.6 Å². The van der Waals surface area contributed by atoms with Crippen LogP contribution in [0.2, 0.25) is 0 Å². The Bertz CT molecular complexity index is 1750. The number of carbonyl (C=O) groups is 2. The number of unbranched alkanes of at least 4 members (excludes halogenated alkanes) is 2. The summed E-state index contributed by atoms with van der Waals surface area (Å²) in [6.07, 6.45) is 8.40. The minimum absolute atomic E-state index is 0.0867. The van der Waals surface area contributed by atoms with E-state index < -0.39 is 0 Å². The number of hydrogen-bond donors (Lipinski definition) is 0. The van der Waals surface area contributed by atoms with Crippen molar-refractivity contribution >= 4 is 87.4 Å². The summed E-state index contributed by atoms with van der Waals surface area (Å²) in [5.41, 5.74) is 2.52. The Morgan fingerprint density at radius 1 is 0.630 bits per heavy atom. The maximum absolute atomic E-state index is 14.8. The van der Waals surface area contributed by atoms with Crippen molar-refractivity contribution in [2.45, 2.75) is 79.1 Å². The summed E-state index contributed by atoms with van der Waals surface area (Å²) in [5.74, 6) is 0.484. The molecule has 0 aromatic carbocycles. The Morgan fingerprint density at radius 3 is 1.35 bits per heavy atom. The number of nitrogens with zero attached hydrogens (tertiary/aromatic N) is 4. The van der Waals surface area contributed by atoms with Crippen molar-refractivity contribution < 1.29 is 9.59 Å². The fourth-order valence-electron chi connectivity index (χ4n) is 6.62. The average Bonchev–Trinajstić information content (AvgIpc) is 3.88. The molecule has 4 aromatic heterocycles. The van der Waals surface area contributed by atoms with E-state index in [0.717, 1.165) is 91.3 Å². The van der Waals surface area contributed by atoms with Crippen LogP contribution in [0, 0.1) is 34.5 Å².